The Kier molecular flexibility index (Phi) is 8.27. The Balaban J connectivity index is 1.36. The number of nitrogens with zero attached hydrogens (tertiary/aromatic N) is 3. The molecule has 3 aromatic carbocycles. The predicted octanol–water partition coefficient (Wildman–Crippen LogP) is 6.17. The lowest BCUT2D eigenvalue weighted by molar-refractivity contribution is 0.306. The van der Waals surface area contributed by atoms with Gasteiger partial charge in [0.2, 0.25) is 0 Å². The first kappa shape index (κ1) is 27.9. The molecule has 0 bridgehead atoms. The summed E-state index contributed by atoms with van der Waals surface area (Å²) in [5.74, 6) is 0.721. The van der Waals surface area contributed by atoms with Crippen LogP contribution in [-0.4, -0.2) is 42.4 Å². The quantitative estimate of drug-likeness (QED) is 0.197. The van der Waals surface area contributed by atoms with Gasteiger partial charge in [-0.1, -0.05) is 23.7 Å². The highest BCUT2D eigenvalue weighted by atomic mass is 35.5. The van der Waals surface area contributed by atoms with Crippen LogP contribution in [0, 0.1) is 5.82 Å². The lowest BCUT2D eigenvalue weighted by Crippen LogP contribution is -2.23. The summed E-state index contributed by atoms with van der Waals surface area (Å²) in [6, 6.07) is 16.9. The van der Waals surface area contributed by atoms with E-state index < -0.39 is 9.84 Å². The Bertz CT molecular complexity index is 1780. The molecule has 0 aliphatic rings. The predicted molar refractivity (Wildman–Crippen MR) is 158 cm³/mol. The van der Waals surface area contributed by atoms with Crippen molar-refractivity contribution in [3.8, 4) is 16.3 Å². The number of sulfone groups is 1. The molecule has 2 N–H and O–H groups in total. The minimum Gasteiger partial charge on any atom is -0.487 e. The van der Waals surface area contributed by atoms with E-state index in [1.165, 1.54) is 36.1 Å². The van der Waals surface area contributed by atoms with Crippen LogP contribution < -0.4 is 15.4 Å². The van der Waals surface area contributed by atoms with E-state index in [1.807, 2.05) is 24.3 Å². The minimum absolute atomic E-state index is 0.0119. The van der Waals surface area contributed by atoms with E-state index in [4.69, 9.17) is 16.3 Å². The Labute approximate surface area is 240 Å². The maximum absolute atomic E-state index is 13.4. The molecule has 0 aliphatic carbocycles. The number of rotatable bonds is 10. The molecule has 2 aromatic heterocycles. The van der Waals surface area contributed by atoms with Gasteiger partial charge in [0.15, 0.2) is 0 Å². The van der Waals surface area contributed by atoms with Gasteiger partial charge in [-0.05, 0) is 61.1 Å². The fourth-order valence-corrected chi connectivity index (χ4v) is 6.42. The van der Waals surface area contributed by atoms with E-state index in [0.29, 0.717) is 27.8 Å². The number of anilines is 2. The van der Waals surface area contributed by atoms with Gasteiger partial charge >= 0.3 is 0 Å². The number of hydrogen-bond donors (Lipinski definition) is 2. The second-order valence-electron chi connectivity index (χ2n) is 9.14. The number of hydrogen-bond acceptors (Lipinski definition) is 9. The zero-order valence-electron chi connectivity index (χ0n) is 21.6. The zero-order valence-corrected chi connectivity index (χ0v) is 23.9. The lowest BCUT2D eigenvalue weighted by Gasteiger charge is -2.12. The Morgan fingerprint density at radius 3 is 2.67 bits per heavy atom. The van der Waals surface area contributed by atoms with Gasteiger partial charge in [-0.2, -0.15) is 0 Å². The van der Waals surface area contributed by atoms with Crippen molar-refractivity contribution in [3.63, 3.8) is 0 Å². The molecular formula is C28H25ClFN5O3S2. The summed E-state index contributed by atoms with van der Waals surface area (Å²) in [5.41, 5.74) is 2.99. The van der Waals surface area contributed by atoms with Crippen LogP contribution in [0.15, 0.2) is 73.2 Å². The number of fused-ring (bicyclic) bond motifs is 1. The summed E-state index contributed by atoms with van der Waals surface area (Å²) in [6.45, 7) is 0.186. The summed E-state index contributed by atoms with van der Waals surface area (Å²) < 4.78 is 42.9. The normalized spacial score (nSPS) is 12.4. The van der Waals surface area contributed by atoms with Crippen molar-refractivity contribution in [1.82, 2.24) is 20.3 Å². The summed E-state index contributed by atoms with van der Waals surface area (Å²) >= 11 is 7.91. The number of thiazole rings is 1. The van der Waals surface area contributed by atoms with Gasteiger partial charge in [0.1, 0.15) is 45.2 Å². The molecule has 12 heteroatoms. The van der Waals surface area contributed by atoms with Crippen molar-refractivity contribution in [2.75, 3.05) is 24.4 Å². The summed E-state index contributed by atoms with van der Waals surface area (Å²) in [5, 5.41) is 8.28. The monoisotopic (exact) mass is 597 g/mol. The van der Waals surface area contributed by atoms with E-state index >= 15 is 0 Å². The van der Waals surface area contributed by atoms with Gasteiger partial charge in [0.05, 0.1) is 22.3 Å². The van der Waals surface area contributed by atoms with Crippen molar-refractivity contribution >= 4 is 55.2 Å². The van der Waals surface area contributed by atoms with E-state index in [9.17, 15) is 12.8 Å². The summed E-state index contributed by atoms with van der Waals surface area (Å²) in [6.07, 6.45) is 4.40. The van der Waals surface area contributed by atoms with Crippen molar-refractivity contribution in [3.05, 3.63) is 94.5 Å². The average molecular weight is 598 g/mol. The highest BCUT2D eigenvalue weighted by Gasteiger charge is 2.19. The maximum Gasteiger partial charge on any atom is 0.149 e. The van der Waals surface area contributed by atoms with Crippen LogP contribution in [0.5, 0.6) is 5.75 Å². The molecular weight excluding hydrogens is 573 g/mol. The molecule has 0 amide bonds. The van der Waals surface area contributed by atoms with Gasteiger partial charge in [-0.25, -0.2) is 27.8 Å². The molecule has 8 nitrogen and oxygen atoms in total. The first-order valence-corrected chi connectivity index (χ1v) is 15.4. The van der Waals surface area contributed by atoms with Gasteiger partial charge in [0, 0.05) is 34.0 Å². The largest absolute Gasteiger partial charge is 0.487 e. The van der Waals surface area contributed by atoms with E-state index in [-0.39, 0.29) is 24.2 Å². The van der Waals surface area contributed by atoms with Crippen LogP contribution >= 0.6 is 22.9 Å². The second kappa shape index (κ2) is 11.8. The van der Waals surface area contributed by atoms with Crippen LogP contribution in [0.25, 0.3) is 21.5 Å². The molecule has 40 heavy (non-hydrogen) atoms. The Hall–Kier alpha value is -3.64. The fourth-order valence-electron chi connectivity index (χ4n) is 4.10. The van der Waals surface area contributed by atoms with Crippen molar-refractivity contribution in [1.29, 1.82) is 0 Å². The minimum atomic E-state index is -3.17. The molecule has 0 aliphatic heterocycles. The number of halogens is 2. The summed E-state index contributed by atoms with van der Waals surface area (Å²) in [4.78, 5) is 14.2. The molecule has 0 fully saturated rings. The molecule has 0 spiro atoms. The SMILES string of the molecule is CN[C@H](CS(C)(=O)=O)c1cnc(-c2ccc3ncnc(Nc4ccc(OCc5cccc(F)c5)c(Cl)c4)c3c2)s1. The molecule has 1 atom stereocenters. The zero-order chi connectivity index (χ0) is 28.3. The highest BCUT2D eigenvalue weighted by Crippen LogP contribution is 2.34. The third-order valence-electron chi connectivity index (χ3n) is 6.05. The second-order valence-corrected chi connectivity index (χ2v) is 12.8. The van der Waals surface area contributed by atoms with Crippen molar-refractivity contribution in [2.24, 2.45) is 0 Å². The lowest BCUT2D eigenvalue weighted by atomic mass is 10.1. The fraction of sp³-hybridized carbons (Fsp3) is 0.179. The van der Waals surface area contributed by atoms with Crippen molar-refractivity contribution in [2.45, 2.75) is 12.6 Å². The third-order valence-corrected chi connectivity index (χ3v) is 8.44. The van der Waals surface area contributed by atoms with Gasteiger partial charge < -0.3 is 15.4 Å². The molecule has 0 saturated heterocycles. The van der Waals surface area contributed by atoms with E-state index in [0.717, 1.165) is 26.4 Å². The maximum atomic E-state index is 13.4. The standard InChI is InChI=1S/C28H25ClFN5O3S2/c1-31-24(15-40(2,36)37)26-13-32-28(39-26)18-6-8-23-21(11-18)27(34-16-33-23)35-20-7-9-25(22(29)12-20)38-14-17-4-3-5-19(30)10-17/h3-13,16,24,31H,14-15H2,1-2H3,(H,33,34,35)/t24-/m1/s1. The van der Waals surface area contributed by atoms with Crippen LogP contribution in [0.2, 0.25) is 5.02 Å². The van der Waals surface area contributed by atoms with Crippen molar-refractivity contribution < 1.29 is 17.5 Å². The van der Waals surface area contributed by atoms with E-state index in [1.54, 1.807) is 37.5 Å². The molecule has 5 aromatic rings. The first-order chi connectivity index (χ1) is 19.2. The van der Waals surface area contributed by atoms with Gasteiger partial charge in [-0.3, -0.25) is 0 Å². The number of ether oxygens (including phenoxy) is 1. The summed E-state index contributed by atoms with van der Waals surface area (Å²) in [7, 11) is -1.43. The van der Waals surface area contributed by atoms with Crippen LogP contribution in [0.3, 0.4) is 0 Å². The highest BCUT2D eigenvalue weighted by molar-refractivity contribution is 7.90. The number of aromatic nitrogens is 3. The van der Waals surface area contributed by atoms with Crippen LogP contribution in [0.1, 0.15) is 16.5 Å². The average Bonchev–Trinajstić information content (AvgIpc) is 3.41. The Morgan fingerprint density at radius 1 is 1.07 bits per heavy atom. The molecule has 206 valence electrons. The van der Waals surface area contributed by atoms with E-state index in [2.05, 4.69) is 25.6 Å². The molecule has 0 saturated carbocycles. The third kappa shape index (κ3) is 6.73. The molecule has 5 rings (SSSR count). The molecule has 0 radical (unpaired) electrons. The molecule has 2 heterocycles. The topological polar surface area (TPSA) is 106 Å². The Morgan fingerprint density at radius 2 is 1.93 bits per heavy atom. The smallest absolute Gasteiger partial charge is 0.149 e. The van der Waals surface area contributed by atoms with Crippen LogP contribution in [-0.2, 0) is 16.4 Å². The first-order valence-electron chi connectivity index (χ1n) is 12.2. The molecule has 0 unspecified atom stereocenters. The van der Waals surface area contributed by atoms with Gasteiger partial charge in [-0.15, -0.1) is 11.3 Å². The van der Waals surface area contributed by atoms with Gasteiger partial charge in [0.25, 0.3) is 0 Å². The number of nitrogens with one attached hydrogen (secondary N) is 2. The van der Waals surface area contributed by atoms with Crippen LogP contribution in [0.4, 0.5) is 15.9 Å². The number of benzene rings is 3.